The molecule has 0 fully saturated rings. The van der Waals surface area contributed by atoms with Crippen molar-refractivity contribution in [1.29, 1.82) is 0 Å². The maximum Gasteiger partial charge on any atom is 0.339 e. The van der Waals surface area contributed by atoms with Crippen LogP contribution < -0.4 is 0 Å². The maximum absolute atomic E-state index is 13.8. The molecule has 0 radical (unpaired) electrons. The molecule has 4 aromatic carbocycles. The summed E-state index contributed by atoms with van der Waals surface area (Å²) in [6.07, 6.45) is 0. The van der Waals surface area contributed by atoms with Crippen molar-refractivity contribution in [3.8, 4) is 11.8 Å². The summed E-state index contributed by atoms with van der Waals surface area (Å²) in [5.74, 6) is 5.53. The normalized spacial score (nSPS) is 11.3. The molecule has 0 amide bonds. The minimum atomic E-state index is -3.92. The van der Waals surface area contributed by atoms with E-state index in [9.17, 15) is 13.2 Å². The predicted molar refractivity (Wildman–Crippen MR) is 149 cm³/mol. The molecule has 5 aromatic rings. The van der Waals surface area contributed by atoms with E-state index in [1.807, 2.05) is 30.3 Å². The minimum Gasteiger partial charge on any atom is -0.449 e. The van der Waals surface area contributed by atoms with Crippen molar-refractivity contribution >= 4 is 65.5 Å². The van der Waals surface area contributed by atoms with Crippen LogP contribution in [0.3, 0.4) is 0 Å². The number of rotatable bonds is 6. The molecule has 0 bridgehead atoms. The number of ether oxygens (including phenoxy) is 1. The van der Waals surface area contributed by atoms with E-state index in [1.165, 1.54) is 15.7 Å². The van der Waals surface area contributed by atoms with E-state index in [2.05, 4.69) is 32.8 Å². The number of thioether (sulfide) groups is 1. The number of benzene rings is 4. The van der Waals surface area contributed by atoms with Crippen LogP contribution in [0.25, 0.3) is 21.8 Å². The Morgan fingerprint density at radius 2 is 1.65 bits per heavy atom. The van der Waals surface area contributed by atoms with Gasteiger partial charge in [-0.15, -0.1) is 0 Å². The van der Waals surface area contributed by atoms with Crippen molar-refractivity contribution in [2.45, 2.75) is 10.1 Å². The van der Waals surface area contributed by atoms with Crippen molar-refractivity contribution in [2.75, 3.05) is 12.4 Å². The summed E-state index contributed by atoms with van der Waals surface area (Å²) in [4.78, 5) is 16.8. The largest absolute Gasteiger partial charge is 0.449 e. The summed E-state index contributed by atoms with van der Waals surface area (Å²) in [5.41, 5.74) is 1.51. The monoisotopic (exact) mass is 590 g/mol. The van der Waals surface area contributed by atoms with Gasteiger partial charge < -0.3 is 4.74 Å². The lowest BCUT2D eigenvalue weighted by Crippen LogP contribution is -2.14. The summed E-state index contributed by atoms with van der Waals surface area (Å²) < 4.78 is 34.8. The van der Waals surface area contributed by atoms with Crippen molar-refractivity contribution in [3.63, 3.8) is 0 Å². The first-order valence-corrected chi connectivity index (χ1v) is 14.4. The zero-order valence-electron chi connectivity index (χ0n) is 19.3. The molecule has 0 aliphatic rings. The van der Waals surface area contributed by atoms with Crippen LogP contribution in [-0.4, -0.2) is 35.7 Å². The molecule has 6 nitrogen and oxygen atoms in total. The second kappa shape index (κ2) is 10.8. The van der Waals surface area contributed by atoms with Gasteiger partial charge >= 0.3 is 5.97 Å². The molecule has 1 aromatic heterocycles. The van der Waals surface area contributed by atoms with Gasteiger partial charge in [-0.25, -0.2) is 22.2 Å². The molecule has 0 saturated carbocycles. The van der Waals surface area contributed by atoms with Gasteiger partial charge in [0.05, 0.1) is 27.2 Å². The Labute approximate surface area is 226 Å². The van der Waals surface area contributed by atoms with Crippen LogP contribution >= 0.6 is 27.7 Å². The lowest BCUT2D eigenvalue weighted by Gasteiger charge is -2.10. The molecular weight excluding hydrogens is 572 g/mol. The number of imidazole rings is 1. The number of para-hydroxylation sites is 2. The predicted octanol–water partition coefficient (Wildman–Crippen LogP) is 6.14. The van der Waals surface area contributed by atoms with Crippen molar-refractivity contribution < 1.29 is 17.9 Å². The van der Waals surface area contributed by atoms with E-state index < -0.39 is 16.0 Å². The third-order valence-electron chi connectivity index (χ3n) is 5.50. The average Bonchev–Trinajstić information content (AvgIpc) is 3.29. The number of fused-ring (bicyclic) bond motifs is 2. The molecule has 0 unspecified atom stereocenters. The second-order valence-corrected chi connectivity index (χ2v) is 11.5. The Morgan fingerprint density at radius 1 is 0.919 bits per heavy atom. The maximum atomic E-state index is 13.8. The Kier molecular flexibility index (Phi) is 7.33. The van der Waals surface area contributed by atoms with Gasteiger partial charge in [0, 0.05) is 4.47 Å². The van der Waals surface area contributed by atoms with Gasteiger partial charge in [-0.1, -0.05) is 82.0 Å². The second-order valence-electron chi connectivity index (χ2n) is 7.89. The lowest BCUT2D eigenvalue weighted by atomic mass is 10.1. The smallest absolute Gasteiger partial charge is 0.339 e. The molecule has 0 atom stereocenters. The summed E-state index contributed by atoms with van der Waals surface area (Å²) in [7, 11) is -3.92. The van der Waals surface area contributed by atoms with Gasteiger partial charge in [0.2, 0.25) is 0 Å². The van der Waals surface area contributed by atoms with Crippen molar-refractivity contribution in [1.82, 2.24) is 8.96 Å². The first-order valence-electron chi connectivity index (χ1n) is 11.2. The van der Waals surface area contributed by atoms with E-state index in [-0.39, 0.29) is 17.3 Å². The summed E-state index contributed by atoms with van der Waals surface area (Å²) in [6, 6.07) is 26.7. The first-order chi connectivity index (χ1) is 17.9. The number of carbonyl (C=O) groups excluding carboxylic acids is 1. The molecule has 184 valence electrons. The summed E-state index contributed by atoms with van der Waals surface area (Å²) >= 11 is 4.53. The molecule has 0 spiro atoms. The third-order valence-corrected chi connectivity index (χ3v) is 8.67. The number of aromatic nitrogens is 2. The first kappa shape index (κ1) is 25.1. The zero-order chi connectivity index (χ0) is 25.8. The highest BCUT2D eigenvalue weighted by Crippen LogP contribution is 2.30. The van der Waals surface area contributed by atoms with Crippen molar-refractivity contribution in [2.24, 2.45) is 0 Å². The van der Waals surface area contributed by atoms with Crippen LogP contribution in [0.4, 0.5) is 0 Å². The summed E-state index contributed by atoms with van der Waals surface area (Å²) in [5, 5.41) is 2.11. The molecule has 0 N–H and O–H groups in total. The molecule has 5 rings (SSSR count). The molecule has 1 heterocycles. The molecule has 9 heteroatoms. The Morgan fingerprint density at radius 3 is 2.46 bits per heavy atom. The molecule has 0 aliphatic carbocycles. The van der Waals surface area contributed by atoms with E-state index in [0.717, 1.165) is 15.2 Å². The molecule has 37 heavy (non-hydrogen) atoms. The van der Waals surface area contributed by atoms with Crippen LogP contribution in [0.1, 0.15) is 10.4 Å². The number of carbonyl (C=O) groups is 1. The van der Waals surface area contributed by atoms with Crippen LogP contribution in [0.5, 0.6) is 0 Å². The highest BCUT2D eigenvalue weighted by atomic mass is 79.9. The minimum absolute atomic E-state index is 0.0682. The van der Waals surface area contributed by atoms with Gasteiger partial charge in [-0.3, -0.25) is 0 Å². The standard InChI is InChI=1S/C28H19BrN2O4S2/c29-23-14-11-21(12-15-23)27(32)35-17-5-6-18-36-28-30-25-9-3-4-10-26(25)31(28)37(33,34)24-16-13-20-7-1-2-8-22(20)19-24/h1-4,7-16,19H,17-18H2. The number of halogens is 1. The Balaban J connectivity index is 1.35. The third kappa shape index (κ3) is 5.42. The van der Waals surface area contributed by atoms with E-state index >= 15 is 0 Å². The molecule has 0 aliphatic heterocycles. The van der Waals surface area contributed by atoms with Gasteiger partial charge in [-0.05, 0) is 59.3 Å². The fraction of sp³-hybridized carbons (Fsp3) is 0.0714. The van der Waals surface area contributed by atoms with Crippen LogP contribution in [0.15, 0.2) is 106 Å². The highest BCUT2D eigenvalue weighted by molar-refractivity contribution is 9.10. The number of nitrogens with zero attached hydrogens (tertiary/aromatic N) is 2. The van der Waals surface area contributed by atoms with Gasteiger partial charge in [0.1, 0.15) is 0 Å². The molecule has 0 saturated heterocycles. The zero-order valence-corrected chi connectivity index (χ0v) is 22.5. The quantitative estimate of drug-likeness (QED) is 0.134. The Hall–Kier alpha value is -3.58. The van der Waals surface area contributed by atoms with Gasteiger partial charge in [0.25, 0.3) is 10.0 Å². The Bertz CT molecular complexity index is 1790. The van der Waals surface area contributed by atoms with Crippen LogP contribution in [0.2, 0.25) is 0 Å². The molecular formula is C28H19BrN2O4S2. The fourth-order valence-corrected chi connectivity index (χ4v) is 6.50. The number of hydrogen-bond acceptors (Lipinski definition) is 6. The number of hydrogen-bond donors (Lipinski definition) is 0. The van der Waals surface area contributed by atoms with Gasteiger partial charge in [-0.2, -0.15) is 0 Å². The van der Waals surface area contributed by atoms with Crippen LogP contribution in [0, 0.1) is 11.8 Å². The van der Waals surface area contributed by atoms with E-state index in [4.69, 9.17) is 4.74 Å². The SMILES string of the molecule is O=C(OCC#CCSc1nc2ccccc2n1S(=O)(=O)c1ccc2ccccc2c1)c1ccc(Br)cc1. The van der Waals surface area contributed by atoms with Gasteiger partial charge in [0.15, 0.2) is 11.8 Å². The number of esters is 1. The van der Waals surface area contributed by atoms with E-state index in [0.29, 0.717) is 21.8 Å². The fourth-order valence-electron chi connectivity index (χ4n) is 3.71. The highest BCUT2D eigenvalue weighted by Gasteiger charge is 2.24. The average molecular weight is 592 g/mol. The topological polar surface area (TPSA) is 78.3 Å². The van der Waals surface area contributed by atoms with Crippen LogP contribution in [-0.2, 0) is 14.8 Å². The lowest BCUT2D eigenvalue weighted by molar-refractivity contribution is 0.0556. The van der Waals surface area contributed by atoms with Crippen molar-refractivity contribution in [3.05, 3.63) is 101 Å². The summed E-state index contributed by atoms with van der Waals surface area (Å²) in [6.45, 7) is -0.0682. The van der Waals surface area contributed by atoms with E-state index in [1.54, 1.807) is 60.7 Å².